The minimum absolute atomic E-state index is 0.222. The van der Waals surface area contributed by atoms with Gasteiger partial charge in [0.2, 0.25) is 0 Å². The van der Waals surface area contributed by atoms with E-state index in [0.29, 0.717) is 6.04 Å². The molecular formula is C16H25ClN2. The summed E-state index contributed by atoms with van der Waals surface area (Å²) in [5.41, 5.74) is 8.67. The van der Waals surface area contributed by atoms with Gasteiger partial charge in [-0.2, -0.15) is 0 Å². The minimum Gasteiger partial charge on any atom is -0.367 e. The predicted molar refractivity (Wildman–Crippen MR) is 84.1 cm³/mol. The van der Waals surface area contributed by atoms with E-state index in [1.165, 1.54) is 24.1 Å². The molecule has 0 amide bonds. The van der Waals surface area contributed by atoms with Crippen LogP contribution in [0.2, 0.25) is 5.02 Å². The van der Waals surface area contributed by atoms with E-state index < -0.39 is 0 Å². The van der Waals surface area contributed by atoms with Crippen LogP contribution < -0.4 is 10.6 Å². The molecule has 0 spiro atoms. The molecule has 19 heavy (non-hydrogen) atoms. The standard InChI is InChI=1S/C16H25ClN2/c1-3-10-19(14-8-9-14)16-12(11-13(18)4-2)6-5-7-15(16)17/h5-7,13-14H,3-4,8-11,18H2,1-2H3. The van der Waals surface area contributed by atoms with Crippen molar-refractivity contribution in [2.75, 3.05) is 11.4 Å². The zero-order valence-electron chi connectivity index (χ0n) is 12.0. The third-order valence-corrected chi connectivity index (χ3v) is 4.12. The van der Waals surface area contributed by atoms with Gasteiger partial charge in [-0.25, -0.2) is 0 Å². The van der Waals surface area contributed by atoms with Crippen LogP contribution in [0, 0.1) is 0 Å². The number of hydrogen-bond acceptors (Lipinski definition) is 2. The van der Waals surface area contributed by atoms with Gasteiger partial charge in [0.1, 0.15) is 0 Å². The van der Waals surface area contributed by atoms with E-state index in [-0.39, 0.29) is 6.04 Å². The van der Waals surface area contributed by atoms with E-state index in [2.05, 4.69) is 24.8 Å². The van der Waals surface area contributed by atoms with Crippen molar-refractivity contribution in [3.05, 3.63) is 28.8 Å². The van der Waals surface area contributed by atoms with Crippen LogP contribution in [0.1, 0.15) is 45.1 Å². The molecule has 1 aromatic rings. The summed E-state index contributed by atoms with van der Waals surface area (Å²) in [6.45, 7) is 5.45. The number of hydrogen-bond donors (Lipinski definition) is 1. The van der Waals surface area contributed by atoms with Crippen LogP contribution in [0.5, 0.6) is 0 Å². The highest BCUT2D eigenvalue weighted by Crippen LogP contribution is 2.38. The fourth-order valence-electron chi connectivity index (χ4n) is 2.58. The molecule has 1 aromatic carbocycles. The molecule has 1 aliphatic rings. The summed E-state index contributed by atoms with van der Waals surface area (Å²) in [4.78, 5) is 2.50. The summed E-state index contributed by atoms with van der Waals surface area (Å²) in [6.07, 6.45) is 5.67. The average Bonchev–Trinajstić information content (AvgIpc) is 3.21. The van der Waals surface area contributed by atoms with Crippen molar-refractivity contribution in [1.29, 1.82) is 0 Å². The lowest BCUT2D eigenvalue weighted by molar-refractivity contribution is 0.642. The molecule has 106 valence electrons. The van der Waals surface area contributed by atoms with Crippen LogP contribution in [0.4, 0.5) is 5.69 Å². The van der Waals surface area contributed by atoms with Crippen molar-refractivity contribution in [2.45, 2.75) is 58.0 Å². The molecule has 1 aliphatic carbocycles. The molecule has 3 heteroatoms. The highest BCUT2D eigenvalue weighted by atomic mass is 35.5. The molecule has 1 saturated carbocycles. The highest BCUT2D eigenvalue weighted by Gasteiger charge is 2.31. The lowest BCUT2D eigenvalue weighted by Crippen LogP contribution is -2.29. The van der Waals surface area contributed by atoms with E-state index in [4.69, 9.17) is 17.3 Å². The zero-order chi connectivity index (χ0) is 13.8. The second-order valence-corrected chi connectivity index (χ2v) is 5.95. The van der Waals surface area contributed by atoms with Crippen LogP contribution in [0.25, 0.3) is 0 Å². The van der Waals surface area contributed by atoms with Crippen LogP contribution in [0.15, 0.2) is 18.2 Å². The van der Waals surface area contributed by atoms with Crippen molar-refractivity contribution in [1.82, 2.24) is 0 Å². The van der Waals surface area contributed by atoms with Gasteiger partial charge in [-0.05, 0) is 43.7 Å². The van der Waals surface area contributed by atoms with Crippen LogP contribution in [-0.4, -0.2) is 18.6 Å². The first-order valence-corrected chi connectivity index (χ1v) is 7.84. The second-order valence-electron chi connectivity index (χ2n) is 5.54. The van der Waals surface area contributed by atoms with E-state index in [1.54, 1.807) is 0 Å². The van der Waals surface area contributed by atoms with Gasteiger partial charge in [0.15, 0.2) is 0 Å². The number of halogens is 1. The van der Waals surface area contributed by atoms with E-state index in [1.807, 2.05) is 12.1 Å². The molecule has 0 aliphatic heterocycles. The number of nitrogens with two attached hydrogens (primary N) is 1. The molecule has 2 rings (SSSR count). The maximum Gasteiger partial charge on any atom is 0.0642 e. The number of rotatable bonds is 7. The summed E-state index contributed by atoms with van der Waals surface area (Å²) in [5.74, 6) is 0. The second kappa shape index (κ2) is 6.62. The largest absolute Gasteiger partial charge is 0.367 e. The number of nitrogens with zero attached hydrogens (tertiary/aromatic N) is 1. The zero-order valence-corrected chi connectivity index (χ0v) is 12.8. The molecule has 1 atom stereocenters. The fourth-order valence-corrected chi connectivity index (χ4v) is 2.88. The minimum atomic E-state index is 0.222. The van der Waals surface area contributed by atoms with Gasteiger partial charge >= 0.3 is 0 Å². The summed E-state index contributed by atoms with van der Waals surface area (Å²) in [7, 11) is 0. The van der Waals surface area contributed by atoms with Crippen molar-refractivity contribution >= 4 is 17.3 Å². The van der Waals surface area contributed by atoms with E-state index >= 15 is 0 Å². The Kier molecular flexibility index (Phi) is 5.12. The van der Waals surface area contributed by atoms with Crippen LogP contribution in [-0.2, 0) is 6.42 Å². The monoisotopic (exact) mass is 280 g/mol. The number of para-hydroxylation sites is 1. The maximum atomic E-state index is 6.48. The van der Waals surface area contributed by atoms with E-state index in [0.717, 1.165) is 30.8 Å². The smallest absolute Gasteiger partial charge is 0.0642 e. The van der Waals surface area contributed by atoms with Crippen molar-refractivity contribution in [2.24, 2.45) is 5.73 Å². The van der Waals surface area contributed by atoms with Crippen molar-refractivity contribution < 1.29 is 0 Å². The number of anilines is 1. The topological polar surface area (TPSA) is 29.3 Å². The predicted octanol–water partition coefficient (Wildman–Crippen LogP) is 4.00. The first-order chi connectivity index (χ1) is 9.17. The lowest BCUT2D eigenvalue weighted by atomic mass is 10.0. The van der Waals surface area contributed by atoms with Crippen LogP contribution >= 0.6 is 11.6 Å². The Bertz CT molecular complexity index is 415. The third kappa shape index (κ3) is 3.64. The molecule has 1 unspecified atom stereocenters. The maximum absolute atomic E-state index is 6.48. The first kappa shape index (κ1) is 14.7. The molecule has 0 heterocycles. The van der Waals surface area contributed by atoms with Gasteiger partial charge in [0.25, 0.3) is 0 Å². The van der Waals surface area contributed by atoms with Crippen molar-refractivity contribution in [3.8, 4) is 0 Å². The molecule has 2 nitrogen and oxygen atoms in total. The number of benzene rings is 1. The third-order valence-electron chi connectivity index (χ3n) is 3.82. The van der Waals surface area contributed by atoms with Gasteiger partial charge in [0, 0.05) is 18.6 Å². The quantitative estimate of drug-likeness (QED) is 0.818. The fraction of sp³-hybridized carbons (Fsp3) is 0.625. The lowest BCUT2D eigenvalue weighted by Gasteiger charge is -2.28. The Morgan fingerprint density at radius 2 is 2.11 bits per heavy atom. The molecule has 1 fully saturated rings. The van der Waals surface area contributed by atoms with Gasteiger partial charge in [0.05, 0.1) is 10.7 Å². The van der Waals surface area contributed by atoms with Crippen LogP contribution in [0.3, 0.4) is 0 Å². The van der Waals surface area contributed by atoms with Gasteiger partial charge < -0.3 is 10.6 Å². The molecule has 0 bridgehead atoms. The Balaban J connectivity index is 2.29. The Hall–Kier alpha value is -0.730. The summed E-state index contributed by atoms with van der Waals surface area (Å²) in [6, 6.07) is 7.14. The Labute approximate surface area is 121 Å². The molecular weight excluding hydrogens is 256 g/mol. The normalized spacial score (nSPS) is 16.4. The molecule has 0 radical (unpaired) electrons. The first-order valence-electron chi connectivity index (χ1n) is 7.47. The molecule has 0 aromatic heterocycles. The molecule has 2 N–H and O–H groups in total. The average molecular weight is 281 g/mol. The Morgan fingerprint density at radius 1 is 1.37 bits per heavy atom. The summed E-state index contributed by atoms with van der Waals surface area (Å²) >= 11 is 6.48. The summed E-state index contributed by atoms with van der Waals surface area (Å²) < 4.78 is 0. The van der Waals surface area contributed by atoms with Crippen molar-refractivity contribution in [3.63, 3.8) is 0 Å². The highest BCUT2D eigenvalue weighted by molar-refractivity contribution is 6.33. The Morgan fingerprint density at radius 3 is 2.68 bits per heavy atom. The van der Waals surface area contributed by atoms with Gasteiger partial charge in [-0.15, -0.1) is 0 Å². The molecule has 0 saturated heterocycles. The summed E-state index contributed by atoms with van der Waals surface area (Å²) in [5, 5.41) is 0.876. The van der Waals surface area contributed by atoms with Gasteiger partial charge in [-0.1, -0.05) is 37.6 Å². The SMILES string of the molecule is CCCN(c1c(Cl)cccc1CC(N)CC)C1CC1. The van der Waals surface area contributed by atoms with Gasteiger partial charge in [-0.3, -0.25) is 0 Å². The van der Waals surface area contributed by atoms with E-state index in [9.17, 15) is 0 Å².